The molecule has 0 bridgehead atoms. The fraction of sp³-hybridized carbons (Fsp3) is 0.692. The van der Waals surface area contributed by atoms with E-state index in [1.54, 1.807) is 0 Å². The molecule has 5 nitrogen and oxygen atoms in total. The molecule has 1 fully saturated rings. The van der Waals surface area contributed by atoms with Gasteiger partial charge in [0.2, 0.25) is 0 Å². The van der Waals surface area contributed by atoms with Gasteiger partial charge in [-0.3, -0.25) is 0 Å². The number of nitrogen functional groups attached to an aromatic ring is 1. The monoisotopic (exact) mass is 251 g/mol. The van der Waals surface area contributed by atoms with E-state index in [1.807, 2.05) is 11.5 Å². The standard InChI is InChI=1S/C13H21N3O2/c1-4-10-15-11(13(17)18-3)12(14)16(10)9-6-5-8(2)7-9/h8-9H,4-7,14H2,1-3H3. The summed E-state index contributed by atoms with van der Waals surface area (Å²) in [5, 5.41) is 0. The summed E-state index contributed by atoms with van der Waals surface area (Å²) in [5.41, 5.74) is 6.34. The molecule has 0 saturated heterocycles. The first-order valence-corrected chi connectivity index (χ1v) is 6.53. The van der Waals surface area contributed by atoms with Crippen molar-refractivity contribution in [3.8, 4) is 0 Å². The minimum atomic E-state index is -0.452. The maximum absolute atomic E-state index is 11.6. The molecule has 0 spiro atoms. The van der Waals surface area contributed by atoms with Crippen molar-refractivity contribution in [3.05, 3.63) is 11.5 Å². The van der Waals surface area contributed by atoms with E-state index >= 15 is 0 Å². The van der Waals surface area contributed by atoms with Gasteiger partial charge in [-0.05, 0) is 25.2 Å². The Morgan fingerprint density at radius 3 is 2.78 bits per heavy atom. The van der Waals surface area contributed by atoms with Gasteiger partial charge in [-0.1, -0.05) is 13.8 Å². The van der Waals surface area contributed by atoms with E-state index in [1.165, 1.54) is 13.5 Å². The lowest BCUT2D eigenvalue weighted by molar-refractivity contribution is 0.0595. The molecule has 5 heteroatoms. The van der Waals surface area contributed by atoms with Gasteiger partial charge < -0.3 is 15.0 Å². The Hall–Kier alpha value is -1.52. The summed E-state index contributed by atoms with van der Waals surface area (Å²) < 4.78 is 6.76. The van der Waals surface area contributed by atoms with Gasteiger partial charge in [0, 0.05) is 12.5 Å². The van der Waals surface area contributed by atoms with Crippen LogP contribution in [-0.4, -0.2) is 22.6 Å². The topological polar surface area (TPSA) is 70.1 Å². The highest BCUT2D eigenvalue weighted by molar-refractivity contribution is 5.92. The van der Waals surface area contributed by atoms with E-state index in [0.29, 0.717) is 17.8 Å². The van der Waals surface area contributed by atoms with Crippen LogP contribution in [0.2, 0.25) is 0 Å². The second-order valence-corrected chi connectivity index (χ2v) is 5.05. The number of rotatable bonds is 3. The van der Waals surface area contributed by atoms with Gasteiger partial charge in [-0.2, -0.15) is 0 Å². The Morgan fingerprint density at radius 1 is 1.56 bits per heavy atom. The number of esters is 1. The van der Waals surface area contributed by atoms with Crippen LogP contribution in [0.1, 0.15) is 55.5 Å². The third-order valence-electron chi connectivity index (χ3n) is 3.75. The van der Waals surface area contributed by atoms with Crippen LogP contribution < -0.4 is 5.73 Å². The number of hydrogen-bond acceptors (Lipinski definition) is 4. The van der Waals surface area contributed by atoms with Crippen LogP contribution in [0.15, 0.2) is 0 Å². The molecule has 2 unspecified atom stereocenters. The Morgan fingerprint density at radius 2 is 2.28 bits per heavy atom. The molecule has 0 aromatic carbocycles. The molecule has 2 atom stereocenters. The van der Waals surface area contributed by atoms with E-state index in [-0.39, 0.29) is 5.69 Å². The fourth-order valence-corrected chi connectivity index (χ4v) is 2.81. The number of nitrogens with two attached hydrogens (primary N) is 1. The van der Waals surface area contributed by atoms with Crippen molar-refractivity contribution in [1.29, 1.82) is 0 Å². The maximum Gasteiger partial charge on any atom is 0.360 e. The molecule has 0 aliphatic heterocycles. The van der Waals surface area contributed by atoms with E-state index in [9.17, 15) is 4.79 Å². The predicted octanol–water partition coefficient (Wildman–Crippen LogP) is 2.18. The zero-order valence-corrected chi connectivity index (χ0v) is 11.3. The minimum Gasteiger partial charge on any atom is -0.464 e. The van der Waals surface area contributed by atoms with Crippen LogP contribution in [0, 0.1) is 5.92 Å². The fourth-order valence-electron chi connectivity index (χ4n) is 2.81. The molecule has 1 aromatic rings. The van der Waals surface area contributed by atoms with Gasteiger partial charge in [0.25, 0.3) is 0 Å². The van der Waals surface area contributed by atoms with Gasteiger partial charge >= 0.3 is 5.97 Å². The first-order chi connectivity index (χ1) is 8.58. The van der Waals surface area contributed by atoms with Gasteiger partial charge in [0.05, 0.1) is 7.11 Å². The summed E-state index contributed by atoms with van der Waals surface area (Å²) in [6, 6.07) is 0.376. The molecule has 0 radical (unpaired) electrons. The van der Waals surface area contributed by atoms with Gasteiger partial charge in [-0.15, -0.1) is 0 Å². The zero-order chi connectivity index (χ0) is 13.3. The number of imidazole rings is 1. The van der Waals surface area contributed by atoms with E-state index < -0.39 is 5.97 Å². The smallest absolute Gasteiger partial charge is 0.360 e. The van der Waals surface area contributed by atoms with Gasteiger partial charge in [-0.25, -0.2) is 9.78 Å². The molecule has 100 valence electrons. The summed E-state index contributed by atoms with van der Waals surface area (Å²) in [6.07, 6.45) is 4.19. The highest BCUT2D eigenvalue weighted by Crippen LogP contribution is 2.37. The summed E-state index contributed by atoms with van der Waals surface area (Å²) in [5.74, 6) is 1.60. The average Bonchev–Trinajstić information content (AvgIpc) is 2.91. The van der Waals surface area contributed by atoms with E-state index in [0.717, 1.165) is 25.1 Å². The molecule has 2 N–H and O–H groups in total. The Bertz CT molecular complexity index is 453. The lowest BCUT2D eigenvalue weighted by atomic mass is 10.1. The second kappa shape index (κ2) is 5.00. The van der Waals surface area contributed by atoms with E-state index in [2.05, 4.69) is 11.9 Å². The van der Waals surface area contributed by atoms with Crippen molar-refractivity contribution in [1.82, 2.24) is 9.55 Å². The maximum atomic E-state index is 11.6. The average molecular weight is 251 g/mol. The number of methoxy groups -OCH3 is 1. The molecule has 1 aliphatic carbocycles. The molecule has 0 amide bonds. The summed E-state index contributed by atoms with van der Waals surface area (Å²) in [7, 11) is 1.35. The molecule has 2 rings (SSSR count). The number of carbonyl (C=O) groups excluding carboxylic acids is 1. The van der Waals surface area contributed by atoms with Crippen LogP contribution in [0.3, 0.4) is 0 Å². The van der Waals surface area contributed by atoms with Gasteiger partial charge in [0.1, 0.15) is 11.6 Å². The number of ether oxygens (including phenoxy) is 1. The molecule has 18 heavy (non-hydrogen) atoms. The lowest BCUT2D eigenvalue weighted by Gasteiger charge is -2.16. The van der Waals surface area contributed by atoms with Crippen molar-refractivity contribution in [3.63, 3.8) is 0 Å². The van der Waals surface area contributed by atoms with Crippen LogP contribution >= 0.6 is 0 Å². The Kier molecular flexibility index (Phi) is 3.59. The third-order valence-corrected chi connectivity index (χ3v) is 3.75. The third kappa shape index (κ3) is 2.09. The number of aryl methyl sites for hydroxylation is 1. The normalized spacial score (nSPS) is 23.3. The SMILES string of the molecule is CCc1nc(C(=O)OC)c(N)n1C1CCC(C)C1. The van der Waals surface area contributed by atoms with Crippen LogP contribution in [0.4, 0.5) is 5.82 Å². The Labute approximate surface area is 107 Å². The molecular weight excluding hydrogens is 230 g/mol. The second-order valence-electron chi connectivity index (χ2n) is 5.05. The molecule has 1 aliphatic rings. The lowest BCUT2D eigenvalue weighted by Crippen LogP contribution is -2.13. The van der Waals surface area contributed by atoms with Crippen LogP contribution in [0.25, 0.3) is 0 Å². The molecule has 1 aromatic heterocycles. The quantitative estimate of drug-likeness (QED) is 0.836. The molecular formula is C13H21N3O2. The summed E-state index contributed by atoms with van der Waals surface area (Å²) in [6.45, 7) is 4.28. The van der Waals surface area contributed by atoms with Crippen LogP contribution in [0.5, 0.6) is 0 Å². The van der Waals surface area contributed by atoms with Crippen molar-refractivity contribution in [2.24, 2.45) is 5.92 Å². The summed E-state index contributed by atoms with van der Waals surface area (Å²) in [4.78, 5) is 15.9. The first-order valence-electron chi connectivity index (χ1n) is 6.53. The van der Waals surface area contributed by atoms with Crippen molar-refractivity contribution < 1.29 is 9.53 Å². The highest BCUT2D eigenvalue weighted by Gasteiger charge is 2.29. The van der Waals surface area contributed by atoms with Crippen molar-refractivity contribution in [2.45, 2.75) is 45.6 Å². The predicted molar refractivity (Wildman–Crippen MR) is 69.4 cm³/mol. The van der Waals surface area contributed by atoms with Gasteiger partial charge in [0.15, 0.2) is 5.69 Å². The largest absolute Gasteiger partial charge is 0.464 e. The zero-order valence-electron chi connectivity index (χ0n) is 11.3. The number of hydrogen-bond donors (Lipinski definition) is 1. The number of aromatic nitrogens is 2. The van der Waals surface area contributed by atoms with Crippen molar-refractivity contribution in [2.75, 3.05) is 12.8 Å². The first kappa shape index (κ1) is 12.9. The minimum absolute atomic E-state index is 0.258. The molecule has 1 saturated carbocycles. The number of carbonyl (C=O) groups is 1. The van der Waals surface area contributed by atoms with Crippen LogP contribution in [-0.2, 0) is 11.2 Å². The van der Waals surface area contributed by atoms with E-state index in [4.69, 9.17) is 10.5 Å². The number of anilines is 1. The number of nitrogens with zero attached hydrogens (tertiary/aromatic N) is 2. The highest BCUT2D eigenvalue weighted by atomic mass is 16.5. The molecule has 1 heterocycles. The van der Waals surface area contributed by atoms with Crippen molar-refractivity contribution >= 4 is 11.8 Å². The summed E-state index contributed by atoms with van der Waals surface area (Å²) >= 11 is 0. The Balaban J connectivity index is 2.39.